The number of carbonyl (C=O) groups excluding carboxylic acids is 3. The molecule has 0 N–H and O–H groups in total. The minimum atomic E-state index is -0.633. The number of hydrogen-bond donors (Lipinski definition) is 0. The predicted molar refractivity (Wildman–Crippen MR) is 106 cm³/mol. The van der Waals surface area contributed by atoms with E-state index in [0.717, 1.165) is 33.6 Å². The van der Waals surface area contributed by atoms with E-state index in [1.807, 2.05) is 66.5 Å². The molecule has 27 heavy (non-hydrogen) atoms. The molecule has 2 aromatic rings. The highest BCUT2D eigenvalue weighted by Gasteiger charge is 2.36. The Morgan fingerprint density at radius 2 is 1.70 bits per heavy atom. The molecule has 0 aliphatic carbocycles. The van der Waals surface area contributed by atoms with Gasteiger partial charge >= 0.3 is 5.97 Å². The van der Waals surface area contributed by atoms with Gasteiger partial charge in [0.05, 0.1) is 12.0 Å². The van der Waals surface area contributed by atoms with Crippen LogP contribution in [0.15, 0.2) is 59.5 Å². The Morgan fingerprint density at radius 1 is 1.07 bits per heavy atom. The molecule has 2 aromatic carbocycles. The number of hydrogen-bond acceptors (Lipinski definition) is 6. The Bertz CT molecular complexity index is 894. The van der Waals surface area contributed by atoms with Crippen molar-refractivity contribution in [1.29, 1.82) is 0 Å². The molecule has 0 aromatic heterocycles. The molecule has 0 spiro atoms. The molecule has 7 heteroatoms. The molecule has 138 valence electrons. The average molecular weight is 382 g/mol. The summed E-state index contributed by atoms with van der Waals surface area (Å²) in [6.45, 7) is -0.376. The first-order valence-corrected chi connectivity index (χ1v) is 9.02. The lowest BCUT2D eigenvalue weighted by molar-refractivity contribution is -0.143. The summed E-state index contributed by atoms with van der Waals surface area (Å²) >= 11 is 0.817. The van der Waals surface area contributed by atoms with Crippen molar-refractivity contribution in [2.75, 3.05) is 25.6 Å². The second-order valence-electron chi connectivity index (χ2n) is 5.83. The van der Waals surface area contributed by atoms with Crippen LogP contribution in [0, 0.1) is 0 Å². The highest BCUT2D eigenvalue weighted by molar-refractivity contribution is 8.18. The molecule has 1 aliphatic heterocycles. The molecule has 0 radical (unpaired) electrons. The lowest BCUT2D eigenvalue weighted by Crippen LogP contribution is -2.34. The maximum atomic E-state index is 12.3. The number of amides is 2. The van der Waals surface area contributed by atoms with Crippen molar-refractivity contribution in [3.63, 3.8) is 0 Å². The van der Waals surface area contributed by atoms with Gasteiger partial charge < -0.3 is 9.64 Å². The van der Waals surface area contributed by atoms with Crippen LogP contribution in [0.2, 0.25) is 0 Å². The number of ether oxygens (including phenoxy) is 1. The van der Waals surface area contributed by atoms with Crippen LogP contribution in [0.4, 0.5) is 16.2 Å². The van der Waals surface area contributed by atoms with Crippen molar-refractivity contribution in [2.24, 2.45) is 0 Å². The molecule has 1 aliphatic rings. The van der Waals surface area contributed by atoms with Gasteiger partial charge in [-0.1, -0.05) is 30.3 Å². The van der Waals surface area contributed by atoms with Crippen molar-refractivity contribution in [3.8, 4) is 0 Å². The quantitative estimate of drug-likeness (QED) is 0.581. The number of rotatable bonds is 5. The number of anilines is 2. The van der Waals surface area contributed by atoms with E-state index < -0.39 is 17.1 Å². The van der Waals surface area contributed by atoms with Gasteiger partial charge in [0.1, 0.15) is 6.54 Å². The topological polar surface area (TPSA) is 66.9 Å². The molecule has 0 saturated carbocycles. The predicted octanol–water partition coefficient (Wildman–Crippen LogP) is 3.66. The molecule has 0 bridgehead atoms. The van der Waals surface area contributed by atoms with E-state index in [0.29, 0.717) is 0 Å². The van der Waals surface area contributed by atoms with Gasteiger partial charge in [0.15, 0.2) is 0 Å². The lowest BCUT2D eigenvalue weighted by Gasteiger charge is -2.19. The third kappa shape index (κ3) is 4.20. The van der Waals surface area contributed by atoms with E-state index in [1.54, 1.807) is 6.08 Å². The molecule has 1 saturated heterocycles. The van der Waals surface area contributed by atoms with Crippen molar-refractivity contribution in [1.82, 2.24) is 4.90 Å². The van der Waals surface area contributed by atoms with Crippen LogP contribution >= 0.6 is 11.8 Å². The van der Waals surface area contributed by atoms with E-state index in [-0.39, 0.29) is 11.4 Å². The van der Waals surface area contributed by atoms with Crippen LogP contribution in [-0.2, 0) is 14.3 Å². The SMILES string of the molecule is COC(=O)CN1C(=O)S/C(=C\c2ccc(N(C)c3ccccc3)cc2)C1=O. The Balaban J connectivity index is 1.75. The van der Waals surface area contributed by atoms with Crippen molar-refractivity contribution >= 4 is 46.3 Å². The van der Waals surface area contributed by atoms with Crippen LogP contribution in [-0.4, -0.2) is 42.7 Å². The molecule has 2 amide bonds. The number of nitrogens with zero attached hydrogens (tertiary/aromatic N) is 2. The second kappa shape index (κ2) is 8.09. The molecule has 1 heterocycles. The van der Waals surface area contributed by atoms with Gasteiger partial charge in [0.2, 0.25) is 0 Å². The van der Waals surface area contributed by atoms with E-state index in [1.165, 1.54) is 7.11 Å². The smallest absolute Gasteiger partial charge is 0.325 e. The molecular weight excluding hydrogens is 364 g/mol. The average Bonchev–Trinajstić information content (AvgIpc) is 2.96. The maximum absolute atomic E-state index is 12.3. The van der Waals surface area contributed by atoms with Gasteiger partial charge in [-0.05, 0) is 47.7 Å². The van der Waals surface area contributed by atoms with E-state index in [9.17, 15) is 14.4 Å². The van der Waals surface area contributed by atoms with E-state index in [4.69, 9.17) is 0 Å². The summed E-state index contributed by atoms with van der Waals surface area (Å²) in [4.78, 5) is 38.8. The van der Waals surface area contributed by atoms with Crippen LogP contribution in [0.3, 0.4) is 0 Å². The number of benzene rings is 2. The molecule has 0 unspecified atom stereocenters. The number of para-hydroxylation sites is 1. The monoisotopic (exact) mass is 382 g/mol. The zero-order valence-corrected chi connectivity index (χ0v) is 15.7. The van der Waals surface area contributed by atoms with Gasteiger partial charge in [-0.15, -0.1) is 0 Å². The largest absolute Gasteiger partial charge is 0.468 e. The first kappa shape index (κ1) is 18.7. The molecule has 0 atom stereocenters. The zero-order valence-electron chi connectivity index (χ0n) is 14.9. The molecule has 1 fully saturated rings. The summed E-state index contributed by atoms with van der Waals surface area (Å²) < 4.78 is 4.52. The van der Waals surface area contributed by atoms with Crippen LogP contribution < -0.4 is 4.90 Å². The standard InChI is InChI=1S/C20H18N2O4S/c1-21(15-6-4-3-5-7-15)16-10-8-14(9-11-16)12-17-19(24)22(20(25)27-17)13-18(23)26-2/h3-12H,13H2,1-2H3/b17-12-. The fourth-order valence-corrected chi connectivity index (χ4v) is 3.41. The Kier molecular flexibility index (Phi) is 5.61. The Hall–Kier alpha value is -3.06. The summed E-state index contributed by atoms with van der Waals surface area (Å²) in [7, 11) is 3.19. The highest BCUT2D eigenvalue weighted by atomic mass is 32.2. The zero-order chi connectivity index (χ0) is 19.4. The van der Waals surface area contributed by atoms with Crippen molar-refractivity contribution in [2.45, 2.75) is 0 Å². The summed E-state index contributed by atoms with van der Waals surface area (Å²) in [5, 5.41) is -0.475. The van der Waals surface area contributed by atoms with Gasteiger partial charge in [-0.2, -0.15) is 0 Å². The van der Waals surface area contributed by atoms with Crippen LogP contribution in [0.1, 0.15) is 5.56 Å². The number of methoxy groups -OCH3 is 1. The third-order valence-corrected chi connectivity index (χ3v) is 5.02. The molecule has 3 rings (SSSR count). The second-order valence-corrected chi connectivity index (χ2v) is 6.82. The van der Waals surface area contributed by atoms with E-state index in [2.05, 4.69) is 4.74 Å². The van der Waals surface area contributed by atoms with Crippen LogP contribution in [0.5, 0.6) is 0 Å². The first-order chi connectivity index (χ1) is 13.0. The lowest BCUT2D eigenvalue weighted by atomic mass is 10.1. The summed E-state index contributed by atoms with van der Waals surface area (Å²) in [6, 6.07) is 17.6. The molecular formula is C20H18N2O4S. The number of esters is 1. The normalized spacial score (nSPS) is 15.3. The Labute approximate surface area is 161 Å². The van der Waals surface area contributed by atoms with Gasteiger partial charge in [0.25, 0.3) is 11.1 Å². The minimum Gasteiger partial charge on any atom is -0.468 e. The third-order valence-electron chi connectivity index (χ3n) is 4.11. The summed E-state index contributed by atoms with van der Waals surface area (Å²) in [6.07, 6.45) is 1.65. The van der Waals surface area contributed by atoms with Crippen molar-refractivity contribution < 1.29 is 19.1 Å². The number of carbonyl (C=O) groups is 3. The summed E-state index contributed by atoms with van der Waals surface area (Å²) in [5.41, 5.74) is 2.86. The number of thioether (sulfide) groups is 1. The van der Waals surface area contributed by atoms with Crippen LogP contribution in [0.25, 0.3) is 6.08 Å². The minimum absolute atomic E-state index is 0.285. The molecule has 6 nitrogen and oxygen atoms in total. The fraction of sp³-hybridized carbons (Fsp3) is 0.150. The maximum Gasteiger partial charge on any atom is 0.325 e. The van der Waals surface area contributed by atoms with E-state index >= 15 is 0 Å². The Morgan fingerprint density at radius 3 is 2.33 bits per heavy atom. The first-order valence-electron chi connectivity index (χ1n) is 8.20. The fourth-order valence-electron chi connectivity index (χ4n) is 2.58. The summed E-state index contributed by atoms with van der Waals surface area (Å²) in [5.74, 6) is -1.12. The van der Waals surface area contributed by atoms with Gasteiger partial charge in [-0.3, -0.25) is 19.3 Å². The van der Waals surface area contributed by atoms with Gasteiger partial charge in [-0.25, -0.2) is 0 Å². The number of imide groups is 1. The van der Waals surface area contributed by atoms with Gasteiger partial charge in [0, 0.05) is 18.4 Å². The highest BCUT2D eigenvalue weighted by Crippen LogP contribution is 2.32. The van der Waals surface area contributed by atoms with Crippen molar-refractivity contribution in [3.05, 3.63) is 65.1 Å².